The van der Waals surface area contributed by atoms with Gasteiger partial charge in [-0.1, -0.05) is 26.3 Å². The Morgan fingerprint density at radius 3 is 2.62 bits per heavy atom. The third-order valence-electron chi connectivity index (χ3n) is 2.79. The van der Waals surface area contributed by atoms with Crippen LogP contribution in [0.1, 0.15) is 25.8 Å². The number of aromatic nitrogens is 1. The van der Waals surface area contributed by atoms with Gasteiger partial charge in [-0.25, -0.2) is 4.98 Å². The fourth-order valence-corrected chi connectivity index (χ4v) is 1.39. The summed E-state index contributed by atoms with van der Waals surface area (Å²) in [6.45, 7) is 6.47. The van der Waals surface area contributed by atoms with Gasteiger partial charge in [-0.3, -0.25) is 0 Å². The SMILES string of the molecule is CCC(C)CNCc1ccc(N(C)C)nc1. The van der Waals surface area contributed by atoms with Gasteiger partial charge in [0.05, 0.1) is 0 Å². The van der Waals surface area contributed by atoms with Crippen molar-refractivity contribution in [3.8, 4) is 0 Å². The number of nitrogens with one attached hydrogen (secondary N) is 1. The minimum absolute atomic E-state index is 0.744. The molecule has 90 valence electrons. The van der Waals surface area contributed by atoms with Gasteiger partial charge in [0.2, 0.25) is 0 Å². The Morgan fingerprint density at radius 2 is 2.12 bits per heavy atom. The molecular weight excluding hydrogens is 198 g/mol. The molecule has 0 aliphatic rings. The van der Waals surface area contributed by atoms with Crippen LogP contribution in [0.5, 0.6) is 0 Å². The Morgan fingerprint density at radius 1 is 1.38 bits per heavy atom. The summed E-state index contributed by atoms with van der Waals surface area (Å²) in [7, 11) is 4.01. The molecule has 1 aromatic rings. The van der Waals surface area contributed by atoms with Crippen molar-refractivity contribution in [3.63, 3.8) is 0 Å². The number of pyridine rings is 1. The summed E-state index contributed by atoms with van der Waals surface area (Å²) in [5.74, 6) is 1.75. The summed E-state index contributed by atoms with van der Waals surface area (Å²) in [5.41, 5.74) is 1.24. The molecule has 1 rings (SSSR count). The van der Waals surface area contributed by atoms with Gasteiger partial charge in [-0.2, -0.15) is 0 Å². The molecule has 3 heteroatoms. The highest BCUT2D eigenvalue weighted by Crippen LogP contribution is 2.07. The van der Waals surface area contributed by atoms with E-state index in [1.165, 1.54) is 12.0 Å². The van der Waals surface area contributed by atoms with E-state index < -0.39 is 0 Å². The first kappa shape index (κ1) is 13.0. The normalized spacial score (nSPS) is 12.5. The zero-order valence-electron chi connectivity index (χ0n) is 10.8. The number of nitrogens with zero attached hydrogens (tertiary/aromatic N) is 2. The first-order valence-corrected chi connectivity index (χ1v) is 5.96. The van der Waals surface area contributed by atoms with Crippen LogP contribution in [0.25, 0.3) is 0 Å². The summed E-state index contributed by atoms with van der Waals surface area (Å²) in [6.07, 6.45) is 3.17. The second-order valence-electron chi connectivity index (χ2n) is 4.56. The molecule has 0 bridgehead atoms. The lowest BCUT2D eigenvalue weighted by Gasteiger charge is -2.12. The molecule has 0 aromatic carbocycles. The first-order valence-electron chi connectivity index (χ1n) is 5.96. The van der Waals surface area contributed by atoms with Gasteiger partial charge in [0.25, 0.3) is 0 Å². The molecule has 0 saturated heterocycles. The van der Waals surface area contributed by atoms with E-state index in [1.807, 2.05) is 25.2 Å². The lowest BCUT2D eigenvalue weighted by molar-refractivity contribution is 0.499. The van der Waals surface area contributed by atoms with Crippen molar-refractivity contribution in [2.24, 2.45) is 5.92 Å². The molecule has 0 aliphatic carbocycles. The zero-order valence-corrected chi connectivity index (χ0v) is 10.8. The second kappa shape index (κ2) is 6.48. The molecule has 1 N–H and O–H groups in total. The fourth-order valence-electron chi connectivity index (χ4n) is 1.39. The van der Waals surface area contributed by atoms with Crippen LogP contribution < -0.4 is 10.2 Å². The van der Waals surface area contributed by atoms with Crippen LogP contribution in [-0.4, -0.2) is 25.6 Å². The van der Waals surface area contributed by atoms with Gasteiger partial charge < -0.3 is 10.2 Å². The predicted molar refractivity (Wildman–Crippen MR) is 69.7 cm³/mol. The molecule has 1 aromatic heterocycles. The molecule has 0 saturated carbocycles. The van der Waals surface area contributed by atoms with E-state index in [-0.39, 0.29) is 0 Å². The summed E-state index contributed by atoms with van der Waals surface area (Å²) in [4.78, 5) is 6.39. The molecule has 0 fully saturated rings. The molecular formula is C13H23N3. The average Bonchev–Trinajstić information content (AvgIpc) is 2.29. The maximum absolute atomic E-state index is 4.38. The van der Waals surface area contributed by atoms with Crippen LogP contribution in [0.2, 0.25) is 0 Å². The Balaban J connectivity index is 2.38. The minimum Gasteiger partial charge on any atom is -0.363 e. The molecule has 0 amide bonds. The van der Waals surface area contributed by atoms with Gasteiger partial charge in [0, 0.05) is 26.8 Å². The lowest BCUT2D eigenvalue weighted by Crippen LogP contribution is -2.20. The van der Waals surface area contributed by atoms with Gasteiger partial charge in [0.1, 0.15) is 5.82 Å². The van der Waals surface area contributed by atoms with Crippen molar-refractivity contribution in [1.82, 2.24) is 10.3 Å². The van der Waals surface area contributed by atoms with E-state index in [0.717, 1.165) is 24.8 Å². The van der Waals surface area contributed by atoms with Crippen molar-refractivity contribution < 1.29 is 0 Å². The van der Waals surface area contributed by atoms with E-state index in [9.17, 15) is 0 Å². The summed E-state index contributed by atoms with van der Waals surface area (Å²) in [5, 5.41) is 3.45. The topological polar surface area (TPSA) is 28.2 Å². The monoisotopic (exact) mass is 221 g/mol. The third-order valence-corrected chi connectivity index (χ3v) is 2.79. The number of hydrogen-bond acceptors (Lipinski definition) is 3. The van der Waals surface area contributed by atoms with Crippen molar-refractivity contribution in [1.29, 1.82) is 0 Å². The van der Waals surface area contributed by atoms with Gasteiger partial charge >= 0.3 is 0 Å². The van der Waals surface area contributed by atoms with Gasteiger partial charge in [-0.05, 0) is 24.1 Å². The third kappa shape index (κ3) is 4.19. The highest BCUT2D eigenvalue weighted by molar-refractivity contribution is 5.37. The van der Waals surface area contributed by atoms with Gasteiger partial charge in [0.15, 0.2) is 0 Å². The Hall–Kier alpha value is -1.09. The van der Waals surface area contributed by atoms with E-state index in [1.54, 1.807) is 0 Å². The molecule has 16 heavy (non-hydrogen) atoms. The fraction of sp³-hybridized carbons (Fsp3) is 0.615. The molecule has 1 atom stereocenters. The van der Waals surface area contributed by atoms with Crippen LogP contribution in [0.15, 0.2) is 18.3 Å². The number of hydrogen-bond donors (Lipinski definition) is 1. The number of rotatable bonds is 6. The van der Waals surface area contributed by atoms with Crippen LogP contribution in [0.4, 0.5) is 5.82 Å². The molecule has 0 spiro atoms. The van der Waals surface area contributed by atoms with Crippen molar-refractivity contribution >= 4 is 5.82 Å². The van der Waals surface area contributed by atoms with Crippen LogP contribution in [-0.2, 0) is 6.54 Å². The van der Waals surface area contributed by atoms with Crippen LogP contribution in [0, 0.1) is 5.92 Å². The Labute approximate surface area is 98.9 Å². The van der Waals surface area contributed by atoms with Crippen LogP contribution in [0.3, 0.4) is 0 Å². The summed E-state index contributed by atoms with van der Waals surface area (Å²) >= 11 is 0. The Kier molecular flexibility index (Phi) is 5.26. The molecule has 0 radical (unpaired) electrons. The standard InChI is InChI=1S/C13H23N3/c1-5-11(2)8-14-9-12-6-7-13(15-10-12)16(3)4/h6-7,10-11,14H,5,8-9H2,1-4H3. The van der Waals surface area contributed by atoms with Crippen molar-refractivity contribution in [2.75, 3.05) is 25.5 Å². The summed E-state index contributed by atoms with van der Waals surface area (Å²) in [6, 6.07) is 4.19. The van der Waals surface area contributed by atoms with E-state index in [2.05, 4.69) is 36.3 Å². The van der Waals surface area contributed by atoms with E-state index >= 15 is 0 Å². The molecule has 1 unspecified atom stereocenters. The lowest BCUT2D eigenvalue weighted by atomic mass is 10.1. The zero-order chi connectivity index (χ0) is 12.0. The second-order valence-corrected chi connectivity index (χ2v) is 4.56. The quantitative estimate of drug-likeness (QED) is 0.799. The van der Waals surface area contributed by atoms with Gasteiger partial charge in [-0.15, -0.1) is 0 Å². The average molecular weight is 221 g/mol. The van der Waals surface area contributed by atoms with E-state index in [0.29, 0.717) is 0 Å². The smallest absolute Gasteiger partial charge is 0.127 e. The largest absolute Gasteiger partial charge is 0.363 e. The van der Waals surface area contributed by atoms with Crippen molar-refractivity contribution in [3.05, 3.63) is 23.9 Å². The molecule has 1 heterocycles. The summed E-state index contributed by atoms with van der Waals surface area (Å²) < 4.78 is 0. The predicted octanol–water partition coefficient (Wildman–Crippen LogP) is 2.28. The van der Waals surface area contributed by atoms with E-state index in [4.69, 9.17) is 0 Å². The minimum atomic E-state index is 0.744. The van der Waals surface area contributed by atoms with Crippen molar-refractivity contribution in [2.45, 2.75) is 26.8 Å². The maximum atomic E-state index is 4.38. The Bertz CT molecular complexity index is 293. The highest BCUT2D eigenvalue weighted by atomic mass is 15.1. The first-order chi connectivity index (χ1) is 7.63. The molecule has 0 aliphatic heterocycles. The highest BCUT2D eigenvalue weighted by Gasteiger charge is 1.99. The molecule has 3 nitrogen and oxygen atoms in total. The maximum Gasteiger partial charge on any atom is 0.127 e. The van der Waals surface area contributed by atoms with Crippen LogP contribution >= 0.6 is 0 Å². The number of anilines is 1.